The van der Waals surface area contributed by atoms with Gasteiger partial charge in [0.2, 0.25) is 5.54 Å². The summed E-state index contributed by atoms with van der Waals surface area (Å²) in [5.41, 5.74) is -1.53. The molecule has 1 aromatic carbocycles. The Morgan fingerprint density at radius 1 is 0.765 bits per heavy atom. The van der Waals surface area contributed by atoms with Gasteiger partial charge in [-0.25, -0.2) is 9.59 Å². The molecule has 12 heteroatoms. The van der Waals surface area contributed by atoms with Crippen LogP contribution in [0.2, 0.25) is 0 Å². The first kappa shape index (κ1) is 33.9. The van der Waals surface area contributed by atoms with Crippen molar-refractivity contribution in [1.82, 2.24) is 10.2 Å². The fourth-order valence-electron chi connectivity index (χ4n) is 3.42. The van der Waals surface area contributed by atoms with Gasteiger partial charge in [-0.05, 0) is 5.56 Å². The molecule has 0 unspecified atom stereocenters. The van der Waals surface area contributed by atoms with Crippen molar-refractivity contribution < 1.29 is 97.9 Å². The summed E-state index contributed by atoms with van der Waals surface area (Å²) in [7, 11) is 0. The molecule has 1 saturated heterocycles. The van der Waals surface area contributed by atoms with E-state index in [0.717, 1.165) is 0 Å². The largest absolute Gasteiger partial charge is 1.00 e. The number of ether oxygens (including phenoxy) is 4. The van der Waals surface area contributed by atoms with Gasteiger partial charge in [0.15, 0.2) is 0 Å². The number of nitrogens with one attached hydrogen (secondary N) is 1. The van der Waals surface area contributed by atoms with Crippen LogP contribution >= 0.6 is 0 Å². The first-order chi connectivity index (χ1) is 15.6. The van der Waals surface area contributed by atoms with E-state index in [2.05, 4.69) is 5.32 Å². The van der Waals surface area contributed by atoms with Gasteiger partial charge in [-0.15, -0.1) is 0 Å². The summed E-state index contributed by atoms with van der Waals surface area (Å²) in [6.45, 7) is 4.51. The molecule has 3 N–H and O–H groups in total. The molecule has 10 nitrogen and oxygen atoms in total. The summed E-state index contributed by atoms with van der Waals surface area (Å²) in [6, 6.07) is 8.75. The van der Waals surface area contributed by atoms with Crippen LogP contribution in [0.3, 0.4) is 0 Å². The Labute approximate surface area is 245 Å². The van der Waals surface area contributed by atoms with E-state index in [4.69, 9.17) is 18.9 Å². The van der Waals surface area contributed by atoms with Crippen LogP contribution in [0.1, 0.15) is 5.56 Å². The van der Waals surface area contributed by atoms with E-state index in [1.165, 1.54) is 4.90 Å². The summed E-state index contributed by atoms with van der Waals surface area (Å²) >= 11 is 0. The number of nitrogens with zero attached hydrogens (tertiary/aromatic N) is 1. The smallest absolute Gasteiger partial charge is 0.479 e. The van der Waals surface area contributed by atoms with Crippen molar-refractivity contribution in [3.05, 3.63) is 35.9 Å². The van der Waals surface area contributed by atoms with Crippen molar-refractivity contribution in [3.8, 4) is 0 Å². The number of carboxylic acid groups (broad SMARTS) is 2. The van der Waals surface area contributed by atoms with Gasteiger partial charge in [-0.2, -0.15) is 0 Å². The molecule has 0 aliphatic carbocycles. The van der Waals surface area contributed by atoms with Crippen molar-refractivity contribution in [1.29, 1.82) is 0 Å². The molecule has 1 aliphatic heterocycles. The number of carbonyl (C=O) groups is 2. The van der Waals surface area contributed by atoms with E-state index < -0.39 is 17.5 Å². The third-order valence-corrected chi connectivity index (χ3v) is 5.15. The zero-order valence-corrected chi connectivity index (χ0v) is 24.4. The van der Waals surface area contributed by atoms with Gasteiger partial charge >= 0.3 is 71.1 Å². The minimum absolute atomic E-state index is 0. The number of hydrogen-bond acceptors (Lipinski definition) is 8. The maximum atomic E-state index is 12.3. The van der Waals surface area contributed by atoms with Crippen molar-refractivity contribution in [2.45, 2.75) is 12.0 Å². The second-order valence-electron chi connectivity index (χ2n) is 7.32. The average Bonchev–Trinajstić information content (AvgIpc) is 2.78. The fraction of sp³-hybridized carbons (Fsp3) is 0.636. The fourth-order valence-corrected chi connectivity index (χ4v) is 3.42. The standard InChI is InChI=1S/C22H34N2O8.2Na/c25-20(26)22(21(27)28,18-19-4-2-1-3-5-19)24-8-12-31-16-14-29-10-6-23-7-11-30-15-17-32-13-9-24;;/h1-5,23H,6-18H2,(H,25,26)(H,27,28);;/q;2*+1. The van der Waals surface area contributed by atoms with Crippen LogP contribution in [0.4, 0.5) is 0 Å². The van der Waals surface area contributed by atoms with Gasteiger partial charge in [0, 0.05) is 32.6 Å². The van der Waals surface area contributed by atoms with Gasteiger partial charge in [-0.3, -0.25) is 4.90 Å². The van der Waals surface area contributed by atoms with Gasteiger partial charge in [0.05, 0.1) is 52.9 Å². The van der Waals surface area contributed by atoms with E-state index in [9.17, 15) is 19.8 Å². The molecule has 0 radical (unpaired) electrons. The van der Waals surface area contributed by atoms with Crippen molar-refractivity contribution in [2.75, 3.05) is 79.0 Å². The topological polar surface area (TPSA) is 127 Å². The normalized spacial score (nSPS) is 18.4. The maximum Gasteiger partial charge on any atom is 1.00 e. The number of carboxylic acids is 2. The molecule has 180 valence electrons. The van der Waals surface area contributed by atoms with Crippen LogP contribution in [0, 0.1) is 0 Å². The van der Waals surface area contributed by atoms with E-state index in [1.807, 2.05) is 0 Å². The zero-order chi connectivity index (χ0) is 23.1. The second kappa shape index (κ2) is 20.0. The van der Waals surface area contributed by atoms with Gasteiger partial charge < -0.3 is 34.5 Å². The molecular weight excluding hydrogens is 466 g/mol. The number of benzene rings is 1. The Balaban J connectivity index is 0.00000544. The van der Waals surface area contributed by atoms with Crippen LogP contribution < -0.4 is 64.4 Å². The molecule has 34 heavy (non-hydrogen) atoms. The van der Waals surface area contributed by atoms with E-state index in [0.29, 0.717) is 58.3 Å². The summed E-state index contributed by atoms with van der Waals surface area (Å²) in [6.07, 6.45) is -0.183. The Kier molecular flexibility index (Phi) is 20.0. The Morgan fingerprint density at radius 2 is 1.21 bits per heavy atom. The number of hydrogen-bond donors (Lipinski definition) is 3. The summed E-state index contributed by atoms with van der Waals surface area (Å²) < 4.78 is 22.1. The average molecular weight is 501 g/mol. The molecule has 0 atom stereocenters. The number of rotatable bonds is 5. The summed E-state index contributed by atoms with van der Waals surface area (Å²) in [4.78, 5) is 26.1. The molecule has 0 bridgehead atoms. The third kappa shape index (κ3) is 11.8. The van der Waals surface area contributed by atoms with Crippen LogP contribution in [-0.4, -0.2) is 112 Å². The van der Waals surface area contributed by atoms with Crippen molar-refractivity contribution >= 4 is 11.9 Å². The maximum absolute atomic E-state index is 12.3. The van der Waals surface area contributed by atoms with Gasteiger partial charge in [-0.1, -0.05) is 30.3 Å². The Hall–Kier alpha value is -0.0800. The molecule has 0 spiro atoms. The minimum atomic E-state index is -2.15. The number of aliphatic carboxylic acids is 2. The van der Waals surface area contributed by atoms with Crippen LogP contribution in [0.15, 0.2) is 30.3 Å². The van der Waals surface area contributed by atoms with Gasteiger partial charge in [0.25, 0.3) is 0 Å². The van der Waals surface area contributed by atoms with Gasteiger partial charge in [0.1, 0.15) is 0 Å². The van der Waals surface area contributed by atoms with E-state index >= 15 is 0 Å². The molecule has 0 aromatic heterocycles. The molecular formula is C22H34N2Na2O8+2. The first-order valence-corrected chi connectivity index (χ1v) is 10.8. The van der Waals surface area contributed by atoms with E-state index in [1.54, 1.807) is 30.3 Å². The SMILES string of the molecule is O=C(O)C(Cc1ccccc1)(C(=O)O)N1CCOCCOCCNCCOCCOCC1.[Na+].[Na+]. The predicted octanol–water partition coefficient (Wildman–Crippen LogP) is -5.88. The monoisotopic (exact) mass is 500 g/mol. The molecule has 1 fully saturated rings. The molecule has 0 saturated carbocycles. The molecule has 1 heterocycles. The van der Waals surface area contributed by atoms with Crippen LogP contribution in [0.5, 0.6) is 0 Å². The molecule has 1 aliphatic rings. The Morgan fingerprint density at radius 3 is 1.65 bits per heavy atom. The molecule has 2 rings (SSSR count). The Bertz CT molecular complexity index is 652. The predicted molar refractivity (Wildman–Crippen MR) is 116 cm³/mol. The van der Waals surface area contributed by atoms with Crippen LogP contribution in [-0.2, 0) is 35.0 Å². The van der Waals surface area contributed by atoms with Crippen molar-refractivity contribution in [2.24, 2.45) is 0 Å². The molecule has 0 amide bonds. The summed E-state index contributed by atoms with van der Waals surface area (Å²) in [5, 5.41) is 23.3. The van der Waals surface area contributed by atoms with Crippen LogP contribution in [0.25, 0.3) is 0 Å². The third-order valence-electron chi connectivity index (χ3n) is 5.15. The molecule has 1 aromatic rings. The van der Waals surface area contributed by atoms with Crippen molar-refractivity contribution in [3.63, 3.8) is 0 Å². The summed E-state index contributed by atoms with van der Waals surface area (Å²) in [5.74, 6) is -2.84. The first-order valence-electron chi connectivity index (χ1n) is 10.8. The minimum Gasteiger partial charge on any atom is -0.479 e. The quantitative estimate of drug-likeness (QED) is 0.266. The zero-order valence-electron chi connectivity index (χ0n) is 20.4. The van der Waals surface area contributed by atoms with E-state index in [-0.39, 0.29) is 91.8 Å². The second-order valence-corrected chi connectivity index (χ2v) is 7.32.